The fourth-order valence-electron chi connectivity index (χ4n) is 3.24. The first-order chi connectivity index (χ1) is 15.9. The minimum absolute atomic E-state index is 0.0383. The van der Waals surface area contributed by atoms with Crippen molar-refractivity contribution in [3.63, 3.8) is 0 Å². The molecule has 0 saturated heterocycles. The molecule has 170 valence electrons. The number of carbonyl (C=O) groups excluding carboxylic acids is 1. The molecule has 33 heavy (non-hydrogen) atoms. The molecule has 1 heterocycles. The summed E-state index contributed by atoms with van der Waals surface area (Å²) in [5.41, 5.74) is 1.88. The highest BCUT2D eigenvalue weighted by Gasteiger charge is 2.29. The number of allylic oxidation sites excluding steroid dienone is 2. The molecule has 1 aliphatic carbocycles. The van der Waals surface area contributed by atoms with Gasteiger partial charge in [0.25, 0.3) is 5.91 Å². The molecule has 5 nitrogen and oxygen atoms in total. The first-order valence-corrected chi connectivity index (χ1v) is 10.9. The summed E-state index contributed by atoms with van der Waals surface area (Å²) in [6.07, 6.45) is 6.66. The molecule has 0 fully saturated rings. The first kappa shape index (κ1) is 22.6. The van der Waals surface area contributed by atoms with Crippen LogP contribution in [0.15, 0.2) is 78.9 Å². The average molecular weight is 472 g/mol. The molecule has 3 aromatic rings. The monoisotopic (exact) mass is 471 g/mol. The number of aromatic nitrogens is 1. The SMILES string of the molecule is O=C(NCc1ccc(OC(F)F)cc1)c1sc(NC2(F)C=CC=CC2)nc1-c1ccccc1. The molecule has 0 saturated carbocycles. The number of rotatable bonds is 8. The second-order valence-electron chi connectivity index (χ2n) is 7.25. The molecule has 0 spiro atoms. The number of ether oxygens (including phenoxy) is 1. The summed E-state index contributed by atoms with van der Waals surface area (Å²) in [6, 6.07) is 15.2. The van der Waals surface area contributed by atoms with Gasteiger partial charge in [0.05, 0.1) is 5.69 Å². The average Bonchev–Trinajstić information content (AvgIpc) is 3.22. The summed E-state index contributed by atoms with van der Waals surface area (Å²) in [4.78, 5) is 17.8. The molecule has 0 radical (unpaired) electrons. The number of hydrogen-bond acceptors (Lipinski definition) is 5. The number of hydrogen-bond donors (Lipinski definition) is 2. The van der Waals surface area contributed by atoms with E-state index in [0.29, 0.717) is 16.1 Å². The van der Waals surface area contributed by atoms with E-state index in [1.54, 1.807) is 30.4 Å². The van der Waals surface area contributed by atoms with Crippen molar-refractivity contribution in [1.29, 1.82) is 0 Å². The Morgan fingerprint density at radius 1 is 1.12 bits per heavy atom. The Morgan fingerprint density at radius 2 is 1.88 bits per heavy atom. The van der Waals surface area contributed by atoms with Gasteiger partial charge in [-0.25, -0.2) is 9.37 Å². The lowest BCUT2D eigenvalue weighted by molar-refractivity contribution is -0.0498. The highest BCUT2D eigenvalue weighted by Crippen LogP contribution is 2.34. The zero-order valence-electron chi connectivity index (χ0n) is 17.3. The topological polar surface area (TPSA) is 63.2 Å². The van der Waals surface area contributed by atoms with Crippen molar-refractivity contribution >= 4 is 22.4 Å². The lowest BCUT2D eigenvalue weighted by atomic mass is 10.1. The quantitative estimate of drug-likeness (QED) is 0.400. The Labute approximate surface area is 192 Å². The number of amides is 1. The van der Waals surface area contributed by atoms with Crippen molar-refractivity contribution in [2.75, 3.05) is 5.32 Å². The van der Waals surface area contributed by atoms with Gasteiger partial charge in [-0.15, -0.1) is 0 Å². The van der Waals surface area contributed by atoms with Crippen molar-refractivity contribution in [1.82, 2.24) is 10.3 Å². The van der Waals surface area contributed by atoms with Crippen LogP contribution in [0.2, 0.25) is 0 Å². The van der Waals surface area contributed by atoms with E-state index in [9.17, 15) is 13.6 Å². The summed E-state index contributed by atoms with van der Waals surface area (Å²) in [5.74, 6) is -2.12. The van der Waals surface area contributed by atoms with Gasteiger partial charge in [-0.3, -0.25) is 4.79 Å². The molecule has 2 N–H and O–H groups in total. The van der Waals surface area contributed by atoms with Gasteiger partial charge >= 0.3 is 6.61 Å². The minimum Gasteiger partial charge on any atom is -0.435 e. The lowest BCUT2D eigenvalue weighted by Crippen LogP contribution is -2.30. The predicted octanol–water partition coefficient (Wildman–Crippen LogP) is 5.94. The van der Waals surface area contributed by atoms with Crippen LogP contribution < -0.4 is 15.4 Å². The number of benzene rings is 2. The fraction of sp³-hybridized carbons (Fsp3) is 0.167. The maximum absolute atomic E-state index is 15.0. The van der Waals surface area contributed by atoms with E-state index in [2.05, 4.69) is 20.4 Å². The van der Waals surface area contributed by atoms with E-state index in [0.717, 1.165) is 16.9 Å². The van der Waals surface area contributed by atoms with Crippen LogP contribution in [0, 0.1) is 0 Å². The minimum atomic E-state index is -2.90. The van der Waals surface area contributed by atoms with Crippen LogP contribution in [-0.2, 0) is 6.54 Å². The van der Waals surface area contributed by atoms with Crippen LogP contribution in [0.4, 0.5) is 18.3 Å². The predicted molar refractivity (Wildman–Crippen MR) is 122 cm³/mol. The summed E-state index contributed by atoms with van der Waals surface area (Å²) in [5, 5.41) is 5.88. The molecule has 2 aromatic carbocycles. The Bertz CT molecular complexity index is 1160. The smallest absolute Gasteiger partial charge is 0.387 e. The van der Waals surface area contributed by atoms with E-state index >= 15 is 4.39 Å². The molecule has 4 rings (SSSR count). The number of anilines is 1. The van der Waals surface area contributed by atoms with E-state index in [4.69, 9.17) is 0 Å². The van der Waals surface area contributed by atoms with Gasteiger partial charge in [-0.2, -0.15) is 8.78 Å². The van der Waals surface area contributed by atoms with Crippen molar-refractivity contribution < 1.29 is 22.7 Å². The Balaban J connectivity index is 1.52. The van der Waals surface area contributed by atoms with Crippen LogP contribution in [0.25, 0.3) is 11.3 Å². The van der Waals surface area contributed by atoms with Crippen molar-refractivity contribution in [2.24, 2.45) is 0 Å². The summed E-state index contributed by atoms with van der Waals surface area (Å²) >= 11 is 1.06. The van der Waals surface area contributed by atoms with Crippen LogP contribution in [0.3, 0.4) is 0 Å². The van der Waals surface area contributed by atoms with E-state index in [1.807, 2.05) is 30.3 Å². The van der Waals surface area contributed by atoms with Gasteiger partial charge in [0.15, 0.2) is 5.13 Å². The third-order valence-electron chi connectivity index (χ3n) is 4.82. The van der Waals surface area contributed by atoms with Crippen molar-refractivity contribution in [3.05, 3.63) is 89.3 Å². The van der Waals surface area contributed by atoms with Crippen LogP contribution in [0.1, 0.15) is 21.7 Å². The van der Waals surface area contributed by atoms with Gasteiger partial charge in [-0.1, -0.05) is 72.0 Å². The third kappa shape index (κ3) is 5.81. The number of thiazole rings is 1. The molecular formula is C24H20F3N3O2S. The van der Waals surface area contributed by atoms with Crippen LogP contribution in [-0.4, -0.2) is 23.3 Å². The van der Waals surface area contributed by atoms with Crippen LogP contribution >= 0.6 is 11.3 Å². The van der Waals surface area contributed by atoms with Crippen LogP contribution in [0.5, 0.6) is 5.75 Å². The normalized spacial score (nSPS) is 17.2. The molecule has 1 amide bonds. The summed E-state index contributed by atoms with van der Waals surface area (Å²) < 4.78 is 44.0. The standard InChI is InChI=1S/C24H20F3N3O2S/c25-22(26)32-18-11-9-16(10-12-18)15-28-21(31)20-19(17-7-3-1-4-8-17)29-23(33-20)30-24(27)13-5-2-6-14-24/h1-13,22H,14-15H2,(H,28,31)(H,29,30). The highest BCUT2D eigenvalue weighted by atomic mass is 32.1. The van der Waals surface area contributed by atoms with Gasteiger partial charge in [0.1, 0.15) is 10.6 Å². The van der Waals surface area contributed by atoms with Crippen molar-refractivity contribution in [3.8, 4) is 17.0 Å². The number of alkyl halides is 3. The van der Waals surface area contributed by atoms with Crippen molar-refractivity contribution in [2.45, 2.75) is 25.4 Å². The third-order valence-corrected chi connectivity index (χ3v) is 5.79. The summed E-state index contributed by atoms with van der Waals surface area (Å²) in [6.45, 7) is -2.73. The molecule has 1 aromatic heterocycles. The summed E-state index contributed by atoms with van der Waals surface area (Å²) in [7, 11) is 0. The molecule has 0 bridgehead atoms. The maximum atomic E-state index is 15.0. The molecule has 0 aliphatic heterocycles. The molecule has 1 aliphatic rings. The Morgan fingerprint density at radius 3 is 2.55 bits per heavy atom. The van der Waals surface area contributed by atoms with Gasteiger partial charge in [-0.05, 0) is 23.8 Å². The molecular weight excluding hydrogens is 451 g/mol. The van der Waals surface area contributed by atoms with Gasteiger partial charge < -0.3 is 15.4 Å². The zero-order valence-corrected chi connectivity index (χ0v) is 18.1. The largest absolute Gasteiger partial charge is 0.435 e. The zero-order chi connectivity index (χ0) is 23.3. The second-order valence-corrected chi connectivity index (χ2v) is 8.25. The number of halogens is 3. The number of nitrogens with zero attached hydrogens (tertiary/aromatic N) is 1. The van der Waals surface area contributed by atoms with Gasteiger partial charge in [0, 0.05) is 18.5 Å². The molecule has 1 unspecified atom stereocenters. The Kier molecular flexibility index (Phi) is 6.79. The lowest BCUT2D eigenvalue weighted by Gasteiger charge is -2.22. The molecule has 9 heteroatoms. The van der Waals surface area contributed by atoms with E-state index < -0.39 is 12.4 Å². The van der Waals surface area contributed by atoms with E-state index in [1.165, 1.54) is 18.2 Å². The second kappa shape index (κ2) is 9.91. The first-order valence-electron chi connectivity index (χ1n) is 10.1. The van der Waals surface area contributed by atoms with Gasteiger partial charge in [0.2, 0.25) is 5.79 Å². The number of carbonyl (C=O) groups is 1. The van der Waals surface area contributed by atoms with E-state index in [-0.39, 0.29) is 29.8 Å². The Hall–Kier alpha value is -3.59. The fourth-order valence-corrected chi connectivity index (χ4v) is 4.21. The number of nitrogens with one attached hydrogen (secondary N) is 2. The molecule has 1 atom stereocenters. The highest BCUT2D eigenvalue weighted by molar-refractivity contribution is 7.18. The maximum Gasteiger partial charge on any atom is 0.387 e.